The summed E-state index contributed by atoms with van der Waals surface area (Å²) in [6, 6.07) is 22.5. The van der Waals surface area contributed by atoms with E-state index in [1.54, 1.807) is 18.3 Å². The number of carbonyl (C=O) groups excluding carboxylic acids is 2. The normalized spacial score (nSPS) is 11.7. The van der Waals surface area contributed by atoms with Crippen LogP contribution in [0.4, 0.5) is 0 Å². The minimum atomic E-state index is -0.528. The summed E-state index contributed by atoms with van der Waals surface area (Å²) >= 11 is 1.41. The molecule has 4 nitrogen and oxygen atoms in total. The standard InChI is InChI=1S/C20H17NO3S/c22-18(17-12-7-13-21-17)14-24-20(23)19(15-8-3-1-4-9-15)25-16-10-5-2-6-11-16/h1-13,19,21H,14H2. The molecule has 3 rings (SSSR count). The molecule has 0 aliphatic rings. The molecule has 2 aromatic carbocycles. The number of benzene rings is 2. The summed E-state index contributed by atoms with van der Waals surface area (Å²) in [4.78, 5) is 28.4. The highest BCUT2D eigenvalue weighted by atomic mass is 32.2. The molecule has 5 heteroatoms. The van der Waals surface area contributed by atoms with Crippen LogP contribution >= 0.6 is 11.8 Å². The topological polar surface area (TPSA) is 59.2 Å². The maximum Gasteiger partial charge on any atom is 0.324 e. The van der Waals surface area contributed by atoms with Gasteiger partial charge in [-0.1, -0.05) is 48.5 Å². The van der Waals surface area contributed by atoms with E-state index >= 15 is 0 Å². The number of aromatic nitrogens is 1. The molecule has 1 aromatic heterocycles. The SMILES string of the molecule is O=C(COC(=O)C(Sc1ccccc1)c1ccccc1)c1ccc[nH]1. The van der Waals surface area contributed by atoms with Crippen molar-refractivity contribution in [3.05, 3.63) is 90.3 Å². The van der Waals surface area contributed by atoms with E-state index in [9.17, 15) is 9.59 Å². The number of nitrogens with one attached hydrogen (secondary N) is 1. The molecular formula is C20H17NO3S. The van der Waals surface area contributed by atoms with Gasteiger partial charge in [0.2, 0.25) is 5.78 Å². The first-order valence-corrected chi connectivity index (χ1v) is 8.72. The first kappa shape index (κ1) is 17.0. The molecule has 0 amide bonds. The molecule has 1 atom stereocenters. The number of hydrogen-bond acceptors (Lipinski definition) is 4. The van der Waals surface area contributed by atoms with E-state index in [4.69, 9.17) is 4.74 Å². The molecule has 0 bridgehead atoms. The van der Waals surface area contributed by atoms with E-state index in [1.165, 1.54) is 11.8 Å². The number of thioether (sulfide) groups is 1. The average Bonchev–Trinajstić information content (AvgIpc) is 3.20. The van der Waals surface area contributed by atoms with E-state index in [-0.39, 0.29) is 12.4 Å². The van der Waals surface area contributed by atoms with Gasteiger partial charge in [-0.2, -0.15) is 0 Å². The fraction of sp³-hybridized carbons (Fsp3) is 0.100. The lowest BCUT2D eigenvalue weighted by molar-refractivity contribution is -0.142. The second-order valence-corrected chi connectivity index (χ2v) is 6.51. The van der Waals surface area contributed by atoms with Crippen molar-refractivity contribution >= 4 is 23.5 Å². The number of H-pyrrole nitrogens is 1. The average molecular weight is 351 g/mol. The summed E-state index contributed by atoms with van der Waals surface area (Å²) in [5.41, 5.74) is 1.27. The molecule has 1 heterocycles. The van der Waals surface area contributed by atoms with Gasteiger partial charge < -0.3 is 9.72 Å². The molecule has 0 aliphatic carbocycles. The fourth-order valence-corrected chi connectivity index (χ4v) is 3.35. The highest BCUT2D eigenvalue weighted by Gasteiger charge is 2.24. The van der Waals surface area contributed by atoms with Gasteiger partial charge in [0.15, 0.2) is 6.61 Å². The van der Waals surface area contributed by atoms with Gasteiger partial charge in [0.1, 0.15) is 5.25 Å². The van der Waals surface area contributed by atoms with E-state index < -0.39 is 11.2 Å². The van der Waals surface area contributed by atoms with Crippen LogP contribution in [0.2, 0.25) is 0 Å². The number of ketones is 1. The third-order valence-corrected chi connectivity index (χ3v) is 4.80. The molecule has 0 radical (unpaired) electrons. The van der Waals surface area contributed by atoms with Gasteiger partial charge in [-0.05, 0) is 29.8 Å². The van der Waals surface area contributed by atoms with Gasteiger partial charge in [0.25, 0.3) is 0 Å². The maximum atomic E-state index is 12.6. The van der Waals surface area contributed by atoms with Crippen molar-refractivity contribution in [1.82, 2.24) is 4.98 Å². The largest absolute Gasteiger partial charge is 0.456 e. The Hall–Kier alpha value is -2.79. The zero-order valence-electron chi connectivity index (χ0n) is 13.4. The van der Waals surface area contributed by atoms with E-state index in [0.717, 1.165) is 10.5 Å². The Bertz CT molecular complexity index is 817. The second-order valence-electron chi connectivity index (χ2n) is 5.34. The van der Waals surface area contributed by atoms with Crippen molar-refractivity contribution < 1.29 is 14.3 Å². The molecule has 0 saturated carbocycles. The lowest BCUT2D eigenvalue weighted by Crippen LogP contribution is -2.18. The summed E-state index contributed by atoms with van der Waals surface area (Å²) in [7, 11) is 0. The predicted octanol–water partition coefficient (Wildman–Crippen LogP) is 4.27. The first-order valence-electron chi connectivity index (χ1n) is 7.84. The number of Topliss-reactive ketones (excluding diaryl/α,β-unsaturated/α-hetero) is 1. The van der Waals surface area contributed by atoms with Gasteiger partial charge in [-0.15, -0.1) is 11.8 Å². The van der Waals surface area contributed by atoms with Crippen LogP contribution in [0.3, 0.4) is 0 Å². The van der Waals surface area contributed by atoms with Crippen LogP contribution in [0, 0.1) is 0 Å². The molecule has 0 spiro atoms. The lowest BCUT2D eigenvalue weighted by Gasteiger charge is -2.16. The first-order chi connectivity index (χ1) is 12.2. The number of hydrogen-bond donors (Lipinski definition) is 1. The maximum absolute atomic E-state index is 12.6. The molecule has 25 heavy (non-hydrogen) atoms. The van der Waals surface area contributed by atoms with Gasteiger partial charge in [0.05, 0.1) is 5.69 Å². The van der Waals surface area contributed by atoms with Crippen LogP contribution in [0.5, 0.6) is 0 Å². The summed E-state index contributed by atoms with van der Waals surface area (Å²) in [6.45, 7) is -0.280. The third kappa shape index (κ3) is 4.61. The van der Waals surface area contributed by atoms with Gasteiger partial charge >= 0.3 is 5.97 Å². The molecular weight excluding hydrogens is 334 g/mol. The van der Waals surface area contributed by atoms with Crippen LogP contribution in [-0.2, 0) is 9.53 Å². The monoisotopic (exact) mass is 351 g/mol. The van der Waals surface area contributed by atoms with Crippen molar-refractivity contribution in [1.29, 1.82) is 0 Å². The van der Waals surface area contributed by atoms with Crippen LogP contribution in [0.15, 0.2) is 83.9 Å². The van der Waals surface area contributed by atoms with Crippen LogP contribution in [0.1, 0.15) is 21.3 Å². The molecule has 1 unspecified atom stereocenters. The predicted molar refractivity (Wildman–Crippen MR) is 97.6 cm³/mol. The Morgan fingerprint density at radius 3 is 2.24 bits per heavy atom. The number of rotatable bonds is 7. The van der Waals surface area contributed by atoms with Crippen molar-refractivity contribution in [3.63, 3.8) is 0 Å². The molecule has 1 N–H and O–H groups in total. The second kappa shape index (κ2) is 8.35. The molecule has 0 aliphatic heterocycles. The minimum absolute atomic E-state index is 0.255. The van der Waals surface area contributed by atoms with E-state index in [0.29, 0.717) is 5.69 Å². The van der Waals surface area contributed by atoms with Crippen molar-refractivity contribution in [3.8, 4) is 0 Å². The van der Waals surface area contributed by atoms with Crippen molar-refractivity contribution in [2.45, 2.75) is 10.1 Å². The summed E-state index contributed by atoms with van der Waals surface area (Å²) in [5, 5.41) is -0.528. The number of ether oxygens (including phenoxy) is 1. The third-order valence-electron chi connectivity index (χ3n) is 3.56. The van der Waals surface area contributed by atoms with Gasteiger partial charge in [-0.25, -0.2) is 0 Å². The molecule has 126 valence electrons. The molecule has 0 saturated heterocycles. The van der Waals surface area contributed by atoms with E-state index in [1.807, 2.05) is 60.7 Å². The number of esters is 1. The quantitative estimate of drug-likeness (QED) is 0.392. The Labute approximate surface area is 150 Å². The molecule has 0 fully saturated rings. The van der Waals surface area contributed by atoms with Gasteiger partial charge in [-0.3, -0.25) is 9.59 Å². The Kier molecular flexibility index (Phi) is 5.69. The fourth-order valence-electron chi connectivity index (χ4n) is 2.31. The summed E-state index contributed by atoms with van der Waals surface area (Å²) in [6.07, 6.45) is 1.66. The van der Waals surface area contributed by atoms with Crippen LogP contribution in [0.25, 0.3) is 0 Å². The Morgan fingerprint density at radius 1 is 0.920 bits per heavy atom. The van der Waals surface area contributed by atoms with Gasteiger partial charge in [0, 0.05) is 11.1 Å². The smallest absolute Gasteiger partial charge is 0.324 e. The van der Waals surface area contributed by atoms with Crippen molar-refractivity contribution in [2.24, 2.45) is 0 Å². The minimum Gasteiger partial charge on any atom is -0.456 e. The number of aromatic amines is 1. The Balaban J connectivity index is 1.72. The zero-order chi connectivity index (χ0) is 17.5. The summed E-state index contributed by atoms with van der Waals surface area (Å²) < 4.78 is 5.29. The van der Waals surface area contributed by atoms with Crippen LogP contribution in [-0.4, -0.2) is 23.3 Å². The molecule has 3 aromatic rings. The number of carbonyl (C=O) groups is 2. The van der Waals surface area contributed by atoms with Crippen LogP contribution < -0.4 is 0 Å². The Morgan fingerprint density at radius 2 is 1.60 bits per heavy atom. The zero-order valence-corrected chi connectivity index (χ0v) is 14.2. The van der Waals surface area contributed by atoms with Crippen molar-refractivity contribution in [2.75, 3.05) is 6.61 Å². The summed E-state index contributed by atoms with van der Waals surface area (Å²) in [5.74, 6) is -0.685. The highest BCUT2D eigenvalue weighted by Crippen LogP contribution is 2.36. The highest BCUT2D eigenvalue weighted by molar-refractivity contribution is 8.00. The lowest BCUT2D eigenvalue weighted by atomic mass is 10.1. The van der Waals surface area contributed by atoms with E-state index in [2.05, 4.69) is 4.98 Å².